The Morgan fingerprint density at radius 2 is 1.87 bits per heavy atom. The number of sulfone groups is 1. The summed E-state index contributed by atoms with van der Waals surface area (Å²) in [7, 11) is -2.41. The van der Waals surface area contributed by atoms with Crippen LogP contribution in [0.5, 0.6) is 0 Å². The molecule has 4 heterocycles. The Kier molecular flexibility index (Phi) is 5.79. The largest absolute Gasteiger partial charge is 0.323 e. The van der Waals surface area contributed by atoms with E-state index >= 15 is 8.78 Å². The van der Waals surface area contributed by atoms with Gasteiger partial charge in [-0.15, -0.1) is 0 Å². The van der Waals surface area contributed by atoms with Crippen molar-refractivity contribution in [3.8, 4) is 11.3 Å². The molecular formula is C25H23F2N9O2S. The summed E-state index contributed by atoms with van der Waals surface area (Å²) >= 11 is 0. The first-order valence-electron chi connectivity index (χ1n) is 12.0. The van der Waals surface area contributed by atoms with Gasteiger partial charge in [0.05, 0.1) is 28.5 Å². The van der Waals surface area contributed by atoms with Crippen LogP contribution in [0.4, 0.5) is 32.1 Å². The van der Waals surface area contributed by atoms with Crippen LogP contribution in [-0.4, -0.2) is 56.5 Å². The van der Waals surface area contributed by atoms with E-state index in [2.05, 4.69) is 30.6 Å². The minimum Gasteiger partial charge on any atom is -0.323 e. The minimum atomic E-state index is -3.82. The smallest absolute Gasteiger partial charge is 0.232 e. The molecule has 5 aromatic rings. The van der Waals surface area contributed by atoms with Gasteiger partial charge in [0, 0.05) is 48.6 Å². The molecule has 1 aliphatic carbocycles. The van der Waals surface area contributed by atoms with Crippen molar-refractivity contribution in [2.24, 2.45) is 0 Å². The Morgan fingerprint density at radius 3 is 2.51 bits per heavy atom. The Morgan fingerprint density at radius 1 is 1.13 bits per heavy atom. The maximum atomic E-state index is 15.2. The van der Waals surface area contributed by atoms with Gasteiger partial charge in [0.15, 0.2) is 27.3 Å². The van der Waals surface area contributed by atoms with Crippen LogP contribution < -0.4 is 10.2 Å². The average Bonchev–Trinajstić information content (AvgIpc) is 3.50. The maximum Gasteiger partial charge on any atom is 0.232 e. The molecule has 0 atom stereocenters. The zero-order chi connectivity index (χ0) is 27.5. The number of hydrogen-bond acceptors (Lipinski definition) is 9. The number of anilines is 4. The Hall–Kier alpha value is -4.46. The molecule has 0 unspecified atom stereocenters. The fourth-order valence-electron chi connectivity index (χ4n) is 4.46. The van der Waals surface area contributed by atoms with Gasteiger partial charge in [0.2, 0.25) is 5.95 Å². The highest BCUT2D eigenvalue weighted by molar-refractivity contribution is 7.90. The third kappa shape index (κ3) is 4.56. The SMILES string of the molecule is Cc1cc(Nc2nc(N(C)c3c(F)cc(S(C)(=O)=O)cc3F)nc(-c3cnn4ccncc34)c2C2CC2)n[nH]1. The summed E-state index contributed by atoms with van der Waals surface area (Å²) in [5.74, 6) is -1.02. The van der Waals surface area contributed by atoms with E-state index in [1.165, 1.54) is 7.05 Å². The third-order valence-electron chi connectivity index (χ3n) is 6.51. The lowest BCUT2D eigenvalue weighted by molar-refractivity contribution is 0.569. The summed E-state index contributed by atoms with van der Waals surface area (Å²) < 4.78 is 55.8. The predicted molar refractivity (Wildman–Crippen MR) is 140 cm³/mol. The van der Waals surface area contributed by atoms with Crippen molar-refractivity contribution in [1.29, 1.82) is 0 Å². The van der Waals surface area contributed by atoms with Gasteiger partial charge in [0.1, 0.15) is 11.5 Å². The van der Waals surface area contributed by atoms with E-state index in [0.29, 0.717) is 28.4 Å². The average molecular weight is 552 g/mol. The summed E-state index contributed by atoms with van der Waals surface area (Å²) in [6, 6.07) is 3.38. The molecule has 0 saturated heterocycles. The summed E-state index contributed by atoms with van der Waals surface area (Å²) in [6.45, 7) is 1.86. The monoisotopic (exact) mass is 551 g/mol. The molecule has 4 aromatic heterocycles. The number of fused-ring (bicyclic) bond motifs is 1. The van der Waals surface area contributed by atoms with Crippen molar-refractivity contribution in [2.75, 3.05) is 23.5 Å². The standard InChI is InChI=1S/C25H23F2N9O2S/c1-13-8-20(34-33-13)30-24-21(14-4-5-14)22(16-11-29-36-7-6-28-12-19(16)36)31-25(32-24)35(2)23-17(26)9-15(10-18(23)27)39(3,37)38/h6-12,14H,4-5H2,1-3H3,(H2,30,31,32,33,34). The number of halogens is 2. The second-order valence-corrected chi connectivity index (χ2v) is 11.5. The fraction of sp³-hybridized carbons (Fsp3) is 0.240. The van der Waals surface area contributed by atoms with Crippen LogP contribution in [0.1, 0.15) is 30.0 Å². The number of aromatic nitrogens is 7. The first-order valence-corrected chi connectivity index (χ1v) is 13.9. The van der Waals surface area contributed by atoms with Gasteiger partial charge in [-0.05, 0) is 37.8 Å². The molecular weight excluding hydrogens is 528 g/mol. The Bertz CT molecular complexity index is 1820. The Balaban J connectivity index is 1.56. The van der Waals surface area contributed by atoms with Crippen molar-refractivity contribution >= 4 is 38.6 Å². The topological polar surface area (TPSA) is 134 Å². The van der Waals surface area contributed by atoms with E-state index in [0.717, 1.165) is 47.4 Å². The van der Waals surface area contributed by atoms with Crippen LogP contribution in [0.3, 0.4) is 0 Å². The van der Waals surface area contributed by atoms with Crippen molar-refractivity contribution in [3.63, 3.8) is 0 Å². The summed E-state index contributed by atoms with van der Waals surface area (Å²) in [6.07, 6.45) is 9.39. The number of rotatable bonds is 7. The molecule has 0 radical (unpaired) electrons. The zero-order valence-electron chi connectivity index (χ0n) is 21.1. The van der Waals surface area contributed by atoms with E-state index in [-0.39, 0.29) is 11.9 Å². The molecule has 1 aliphatic rings. The van der Waals surface area contributed by atoms with Crippen molar-refractivity contribution in [1.82, 2.24) is 34.8 Å². The van der Waals surface area contributed by atoms with Crippen molar-refractivity contribution in [3.05, 3.63) is 65.9 Å². The molecule has 2 N–H and O–H groups in total. The molecule has 0 aliphatic heterocycles. The molecule has 0 amide bonds. The highest BCUT2D eigenvalue weighted by Gasteiger charge is 2.34. The number of benzene rings is 1. The molecule has 0 bridgehead atoms. The first kappa shape index (κ1) is 24.9. The van der Waals surface area contributed by atoms with E-state index in [1.807, 2.05) is 13.0 Å². The molecule has 39 heavy (non-hydrogen) atoms. The van der Waals surface area contributed by atoms with Gasteiger partial charge in [-0.3, -0.25) is 10.1 Å². The second-order valence-electron chi connectivity index (χ2n) is 9.50. The van der Waals surface area contributed by atoms with Gasteiger partial charge in [-0.25, -0.2) is 26.7 Å². The van der Waals surface area contributed by atoms with Gasteiger partial charge >= 0.3 is 0 Å². The number of nitrogens with zero attached hydrogens (tertiary/aromatic N) is 7. The lowest BCUT2D eigenvalue weighted by Gasteiger charge is -2.22. The highest BCUT2D eigenvalue weighted by Crippen LogP contribution is 2.48. The van der Waals surface area contributed by atoms with Crippen LogP contribution in [0.2, 0.25) is 0 Å². The van der Waals surface area contributed by atoms with Crippen LogP contribution in [0.15, 0.2) is 47.9 Å². The van der Waals surface area contributed by atoms with Gasteiger partial charge < -0.3 is 10.2 Å². The molecule has 1 fully saturated rings. The molecule has 200 valence electrons. The molecule has 11 nitrogen and oxygen atoms in total. The van der Waals surface area contributed by atoms with Gasteiger partial charge in [-0.2, -0.15) is 15.2 Å². The van der Waals surface area contributed by atoms with Crippen LogP contribution >= 0.6 is 0 Å². The van der Waals surface area contributed by atoms with Crippen LogP contribution in [-0.2, 0) is 9.84 Å². The highest BCUT2D eigenvalue weighted by atomic mass is 32.2. The lowest BCUT2D eigenvalue weighted by atomic mass is 10.0. The van der Waals surface area contributed by atoms with Crippen molar-refractivity contribution in [2.45, 2.75) is 30.6 Å². The van der Waals surface area contributed by atoms with Gasteiger partial charge in [0.25, 0.3) is 0 Å². The maximum absolute atomic E-state index is 15.2. The summed E-state index contributed by atoms with van der Waals surface area (Å²) in [5.41, 5.74) is 3.09. The van der Waals surface area contributed by atoms with E-state index in [9.17, 15) is 8.42 Å². The van der Waals surface area contributed by atoms with Crippen LogP contribution in [0.25, 0.3) is 16.8 Å². The summed E-state index contributed by atoms with van der Waals surface area (Å²) in [5, 5.41) is 14.8. The number of aryl methyl sites for hydroxylation is 1. The molecule has 6 rings (SSSR count). The van der Waals surface area contributed by atoms with Gasteiger partial charge in [-0.1, -0.05) is 0 Å². The number of H-pyrrole nitrogens is 1. The Labute approximate surface area is 221 Å². The predicted octanol–water partition coefficient (Wildman–Crippen LogP) is 4.29. The zero-order valence-corrected chi connectivity index (χ0v) is 22.0. The number of aromatic amines is 1. The minimum absolute atomic E-state index is 0.0164. The molecule has 1 aromatic carbocycles. The second kappa shape index (κ2) is 9.08. The third-order valence-corrected chi connectivity index (χ3v) is 7.60. The fourth-order valence-corrected chi connectivity index (χ4v) is 5.10. The molecule has 1 saturated carbocycles. The van der Waals surface area contributed by atoms with Crippen LogP contribution in [0, 0.1) is 18.6 Å². The molecule has 14 heteroatoms. The normalized spacial score (nSPS) is 13.7. The van der Waals surface area contributed by atoms with E-state index in [1.54, 1.807) is 29.3 Å². The summed E-state index contributed by atoms with van der Waals surface area (Å²) in [4.78, 5) is 14.4. The van der Waals surface area contributed by atoms with E-state index < -0.39 is 32.1 Å². The number of nitrogens with one attached hydrogen (secondary N) is 2. The van der Waals surface area contributed by atoms with Crippen molar-refractivity contribution < 1.29 is 17.2 Å². The molecule has 0 spiro atoms. The van der Waals surface area contributed by atoms with E-state index in [4.69, 9.17) is 4.98 Å². The quantitative estimate of drug-likeness (QED) is 0.304. The first-order chi connectivity index (χ1) is 18.6. The number of hydrogen-bond donors (Lipinski definition) is 2. The lowest BCUT2D eigenvalue weighted by Crippen LogP contribution is -2.19.